The molecule has 0 heterocycles. The van der Waals surface area contributed by atoms with Gasteiger partial charge in [0.05, 0.1) is 41.2 Å². The van der Waals surface area contributed by atoms with Crippen LogP contribution < -0.4 is 0 Å². The van der Waals surface area contributed by atoms with Crippen molar-refractivity contribution in [3.05, 3.63) is 11.6 Å². The highest BCUT2D eigenvalue weighted by atomic mass is 16.3. The van der Waals surface area contributed by atoms with E-state index in [0.717, 1.165) is 0 Å². The second-order valence-corrected chi connectivity index (χ2v) is 13.3. The third-order valence-corrected chi connectivity index (χ3v) is 10.5. The smallest absolute Gasteiger partial charge is 0.159 e. The first-order chi connectivity index (χ1) is 15.9. The standard InChI is InChI=1S/C27H44O8/c1-23(2,33)8-7-21(32)26(5,34)20-6-9-27(35)15-11-16(28)14-10-17(29)18(30)12-24(14,3)22(15)19(31)13-25(20,27)4/h11,14,17-22,29-35H,6-10,12-13H2,1-5H3/t14-,17+,18-,19+,20?,21+,22+,24-,25+,26+,27?/m0/s1. The first kappa shape index (κ1) is 27.2. The molecule has 8 nitrogen and oxygen atoms in total. The van der Waals surface area contributed by atoms with Crippen molar-refractivity contribution < 1.29 is 40.5 Å². The second-order valence-electron chi connectivity index (χ2n) is 13.3. The van der Waals surface area contributed by atoms with Crippen LogP contribution in [0.3, 0.4) is 0 Å². The van der Waals surface area contributed by atoms with Gasteiger partial charge in [-0.05, 0) is 88.7 Å². The van der Waals surface area contributed by atoms with Crippen molar-refractivity contribution in [3.8, 4) is 0 Å². The van der Waals surface area contributed by atoms with E-state index in [1.165, 1.54) is 6.08 Å². The Morgan fingerprint density at radius 3 is 2.29 bits per heavy atom. The Labute approximate surface area is 207 Å². The monoisotopic (exact) mass is 496 g/mol. The molecule has 200 valence electrons. The maximum Gasteiger partial charge on any atom is 0.159 e. The first-order valence-electron chi connectivity index (χ1n) is 13.0. The van der Waals surface area contributed by atoms with Gasteiger partial charge in [-0.3, -0.25) is 4.79 Å². The van der Waals surface area contributed by atoms with Crippen LogP contribution in [-0.4, -0.2) is 82.7 Å². The average molecular weight is 497 g/mol. The Morgan fingerprint density at radius 1 is 1.06 bits per heavy atom. The van der Waals surface area contributed by atoms with E-state index >= 15 is 0 Å². The van der Waals surface area contributed by atoms with E-state index in [4.69, 9.17) is 0 Å². The first-order valence-corrected chi connectivity index (χ1v) is 13.0. The molecule has 4 aliphatic rings. The summed E-state index contributed by atoms with van der Waals surface area (Å²) in [6.45, 7) is 8.52. The van der Waals surface area contributed by atoms with Crippen molar-refractivity contribution in [2.45, 2.75) is 121 Å². The van der Waals surface area contributed by atoms with Crippen molar-refractivity contribution in [1.82, 2.24) is 0 Å². The molecular formula is C27H44O8. The van der Waals surface area contributed by atoms with E-state index < -0.39 is 69.8 Å². The van der Waals surface area contributed by atoms with Crippen LogP contribution in [0.2, 0.25) is 0 Å². The minimum Gasteiger partial charge on any atom is -0.392 e. The summed E-state index contributed by atoms with van der Waals surface area (Å²) >= 11 is 0. The summed E-state index contributed by atoms with van der Waals surface area (Å²) in [7, 11) is 0. The molecule has 8 heteroatoms. The van der Waals surface area contributed by atoms with Crippen molar-refractivity contribution in [3.63, 3.8) is 0 Å². The highest BCUT2D eigenvalue weighted by molar-refractivity contribution is 5.95. The summed E-state index contributed by atoms with van der Waals surface area (Å²) in [6, 6.07) is 0. The quantitative estimate of drug-likeness (QED) is 0.295. The van der Waals surface area contributed by atoms with Gasteiger partial charge in [-0.2, -0.15) is 0 Å². The van der Waals surface area contributed by atoms with Gasteiger partial charge >= 0.3 is 0 Å². The van der Waals surface area contributed by atoms with Gasteiger partial charge in [-0.15, -0.1) is 0 Å². The molecule has 0 spiro atoms. The van der Waals surface area contributed by atoms with Crippen LogP contribution in [0.1, 0.15) is 79.6 Å². The zero-order valence-electron chi connectivity index (χ0n) is 21.6. The molecular weight excluding hydrogens is 452 g/mol. The van der Waals surface area contributed by atoms with Gasteiger partial charge in [0.1, 0.15) is 0 Å². The van der Waals surface area contributed by atoms with Crippen molar-refractivity contribution in [2.75, 3.05) is 0 Å². The minimum atomic E-state index is -1.59. The molecule has 7 N–H and O–H groups in total. The maximum absolute atomic E-state index is 13.3. The fourth-order valence-corrected chi connectivity index (χ4v) is 8.44. The van der Waals surface area contributed by atoms with Gasteiger partial charge < -0.3 is 35.7 Å². The lowest BCUT2D eigenvalue weighted by Gasteiger charge is -2.62. The lowest BCUT2D eigenvalue weighted by Crippen LogP contribution is -2.66. The molecule has 0 saturated heterocycles. The molecule has 4 rings (SSSR count). The Bertz CT molecular complexity index is 892. The normalized spacial score (nSPS) is 48.3. The predicted molar refractivity (Wildman–Crippen MR) is 128 cm³/mol. The Morgan fingerprint density at radius 2 is 1.69 bits per heavy atom. The highest BCUT2D eigenvalue weighted by Crippen LogP contribution is 2.68. The molecule has 2 unspecified atom stereocenters. The molecule has 0 aromatic heterocycles. The van der Waals surface area contributed by atoms with Crippen molar-refractivity contribution >= 4 is 5.78 Å². The molecule has 0 aromatic rings. The summed E-state index contributed by atoms with van der Waals surface area (Å²) in [4.78, 5) is 13.3. The predicted octanol–water partition coefficient (Wildman–Crippen LogP) is 0.825. The van der Waals surface area contributed by atoms with Crippen LogP contribution in [-0.2, 0) is 4.79 Å². The summed E-state index contributed by atoms with van der Waals surface area (Å²) < 4.78 is 0. The van der Waals surface area contributed by atoms with E-state index in [1.807, 2.05) is 13.8 Å². The molecule has 0 amide bonds. The van der Waals surface area contributed by atoms with Gasteiger partial charge in [0.2, 0.25) is 0 Å². The van der Waals surface area contributed by atoms with Crippen molar-refractivity contribution in [1.29, 1.82) is 0 Å². The highest BCUT2D eigenvalue weighted by Gasteiger charge is 2.71. The molecule has 0 radical (unpaired) electrons. The lowest BCUT2D eigenvalue weighted by atomic mass is 9.45. The molecule has 0 aromatic carbocycles. The summed E-state index contributed by atoms with van der Waals surface area (Å²) in [5.74, 6) is -1.89. The number of carbonyl (C=O) groups is 1. The molecule has 3 saturated carbocycles. The Balaban J connectivity index is 1.71. The number of hydrogen-bond acceptors (Lipinski definition) is 8. The van der Waals surface area contributed by atoms with Crippen LogP contribution in [0, 0.1) is 28.6 Å². The molecule has 11 atom stereocenters. The third kappa shape index (κ3) is 3.95. The molecule has 3 fully saturated rings. The van der Waals surface area contributed by atoms with Crippen LogP contribution in [0.5, 0.6) is 0 Å². The molecule has 0 aliphatic heterocycles. The molecule has 0 bridgehead atoms. The van der Waals surface area contributed by atoms with E-state index in [9.17, 15) is 40.5 Å². The SMILES string of the molecule is CC(C)(O)CC[C@@H](O)[C@](C)(O)C1CCC2(O)C3=CC(=O)[C@@H]4C[C@@H](O)[C@@H](O)C[C@]4(C)[C@H]3[C@H](O)C[C@]12C. The summed E-state index contributed by atoms with van der Waals surface area (Å²) in [5, 5.41) is 77.0. The third-order valence-electron chi connectivity index (χ3n) is 10.5. The Kier molecular flexibility index (Phi) is 6.46. The largest absolute Gasteiger partial charge is 0.392 e. The second kappa shape index (κ2) is 8.32. The maximum atomic E-state index is 13.3. The van der Waals surface area contributed by atoms with E-state index in [0.29, 0.717) is 12.0 Å². The lowest BCUT2D eigenvalue weighted by molar-refractivity contribution is -0.197. The fourth-order valence-electron chi connectivity index (χ4n) is 8.44. The minimum absolute atomic E-state index is 0.115. The number of hydrogen-bond donors (Lipinski definition) is 7. The zero-order valence-corrected chi connectivity index (χ0v) is 21.6. The molecule has 35 heavy (non-hydrogen) atoms. The number of allylic oxidation sites excluding steroid dienone is 1. The zero-order chi connectivity index (χ0) is 26.4. The number of aliphatic hydroxyl groups excluding tert-OH is 4. The van der Waals surface area contributed by atoms with Gasteiger partial charge in [-0.25, -0.2) is 0 Å². The van der Waals surface area contributed by atoms with Gasteiger partial charge in [0.15, 0.2) is 5.78 Å². The summed E-state index contributed by atoms with van der Waals surface area (Å²) in [6.07, 6.45) is -1.08. The Hall–Kier alpha value is -0.870. The topological polar surface area (TPSA) is 159 Å². The number of fused-ring (bicyclic) bond motifs is 5. The number of ketones is 1. The van der Waals surface area contributed by atoms with Crippen molar-refractivity contribution in [2.24, 2.45) is 28.6 Å². The number of aliphatic hydroxyl groups is 7. The van der Waals surface area contributed by atoms with E-state index in [2.05, 4.69) is 0 Å². The van der Waals surface area contributed by atoms with Crippen LogP contribution in [0.25, 0.3) is 0 Å². The fraction of sp³-hybridized carbons (Fsp3) is 0.889. The van der Waals surface area contributed by atoms with E-state index in [-0.39, 0.29) is 44.3 Å². The summed E-state index contributed by atoms with van der Waals surface area (Å²) in [5.41, 5.74) is -5.42. The number of carbonyl (C=O) groups excluding carboxylic acids is 1. The van der Waals surface area contributed by atoms with Gasteiger partial charge in [0, 0.05) is 17.3 Å². The molecule has 4 aliphatic carbocycles. The van der Waals surface area contributed by atoms with Gasteiger partial charge in [0.25, 0.3) is 0 Å². The van der Waals surface area contributed by atoms with Crippen LogP contribution >= 0.6 is 0 Å². The number of rotatable bonds is 5. The van der Waals surface area contributed by atoms with Gasteiger partial charge in [-0.1, -0.05) is 13.8 Å². The van der Waals surface area contributed by atoms with Crippen LogP contribution in [0.4, 0.5) is 0 Å². The average Bonchev–Trinajstić information content (AvgIpc) is 2.99. The van der Waals surface area contributed by atoms with Crippen LogP contribution in [0.15, 0.2) is 11.6 Å². The van der Waals surface area contributed by atoms with E-state index in [1.54, 1.807) is 20.8 Å².